The number of imidazole rings is 1. The van der Waals surface area contributed by atoms with Crippen molar-refractivity contribution in [2.75, 3.05) is 7.11 Å². The second kappa shape index (κ2) is 5.90. The zero-order valence-electron chi connectivity index (χ0n) is 12.2. The summed E-state index contributed by atoms with van der Waals surface area (Å²) >= 11 is 0. The molecule has 2 N–H and O–H groups in total. The summed E-state index contributed by atoms with van der Waals surface area (Å²) in [6.45, 7) is 1.39. The largest absolute Gasteiger partial charge is 0.494 e. The maximum atomic E-state index is 12.8. The number of aromatic amines is 1. The summed E-state index contributed by atoms with van der Waals surface area (Å²) in [7, 11) is 1.28. The van der Waals surface area contributed by atoms with E-state index in [0.717, 1.165) is 0 Å². The summed E-state index contributed by atoms with van der Waals surface area (Å²) in [5.74, 6) is -3.81. The van der Waals surface area contributed by atoms with Gasteiger partial charge in [0, 0.05) is 11.5 Å². The number of halogens is 3. The van der Waals surface area contributed by atoms with Crippen LogP contribution in [-0.2, 0) is 11.0 Å². The predicted molar refractivity (Wildman–Crippen MR) is 73.4 cm³/mol. The van der Waals surface area contributed by atoms with Crippen LogP contribution in [0.5, 0.6) is 5.75 Å². The number of alkyl halides is 3. The molecule has 0 radical (unpaired) electrons. The highest BCUT2D eigenvalue weighted by Crippen LogP contribution is 2.34. The number of ketones is 1. The van der Waals surface area contributed by atoms with Gasteiger partial charge < -0.3 is 14.8 Å². The quantitative estimate of drug-likeness (QED) is 0.823. The van der Waals surface area contributed by atoms with Crippen molar-refractivity contribution in [3.8, 4) is 5.75 Å². The highest BCUT2D eigenvalue weighted by Gasteiger charge is 2.36. The van der Waals surface area contributed by atoms with Crippen LogP contribution in [0.4, 0.5) is 13.2 Å². The third-order valence-corrected chi connectivity index (χ3v) is 3.29. The summed E-state index contributed by atoms with van der Waals surface area (Å²) < 4.78 is 43.5. The van der Waals surface area contributed by atoms with Crippen molar-refractivity contribution in [1.82, 2.24) is 9.97 Å². The number of H-pyrrole nitrogens is 1. The SMILES string of the molecule is COc1ccc(C(=O)C(C)CC(=O)O)c2nc(C(F)(F)F)[nH]c12. The summed E-state index contributed by atoms with van der Waals surface area (Å²) in [6, 6.07) is 2.62. The lowest BCUT2D eigenvalue weighted by Gasteiger charge is -2.09. The number of fused-ring (bicyclic) bond motifs is 1. The number of hydrogen-bond donors (Lipinski definition) is 2. The van der Waals surface area contributed by atoms with Crippen LogP contribution < -0.4 is 4.74 Å². The highest BCUT2D eigenvalue weighted by molar-refractivity contribution is 6.09. The van der Waals surface area contributed by atoms with Crippen LogP contribution in [0.2, 0.25) is 0 Å². The lowest BCUT2D eigenvalue weighted by molar-refractivity contribution is -0.144. The van der Waals surface area contributed by atoms with Gasteiger partial charge in [-0.15, -0.1) is 0 Å². The molecule has 0 aliphatic rings. The molecule has 6 nitrogen and oxygen atoms in total. The average molecular weight is 330 g/mol. The average Bonchev–Trinajstić information content (AvgIpc) is 2.89. The molecule has 0 aliphatic carbocycles. The van der Waals surface area contributed by atoms with Gasteiger partial charge in [0.05, 0.1) is 13.5 Å². The van der Waals surface area contributed by atoms with E-state index in [0.29, 0.717) is 0 Å². The topological polar surface area (TPSA) is 92.3 Å². The maximum absolute atomic E-state index is 12.8. The van der Waals surface area contributed by atoms with Crippen molar-refractivity contribution >= 4 is 22.8 Å². The van der Waals surface area contributed by atoms with Crippen LogP contribution in [-0.4, -0.2) is 33.9 Å². The molecule has 0 spiro atoms. The lowest BCUT2D eigenvalue weighted by atomic mass is 9.95. The second-order valence-corrected chi connectivity index (χ2v) is 4.99. The van der Waals surface area contributed by atoms with E-state index in [9.17, 15) is 22.8 Å². The Kier molecular flexibility index (Phi) is 4.31. The maximum Gasteiger partial charge on any atom is 0.449 e. The van der Waals surface area contributed by atoms with Gasteiger partial charge in [0.15, 0.2) is 5.78 Å². The van der Waals surface area contributed by atoms with E-state index in [2.05, 4.69) is 9.97 Å². The molecular formula is C14H13F3N2O4. The minimum absolute atomic E-state index is 0.0619. The molecule has 0 fully saturated rings. The molecule has 0 saturated heterocycles. The lowest BCUT2D eigenvalue weighted by Crippen LogP contribution is -2.16. The Labute approximate surface area is 128 Å². The molecule has 1 unspecified atom stereocenters. The molecule has 0 aliphatic heterocycles. The van der Waals surface area contributed by atoms with Crippen molar-refractivity contribution in [2.45, 2.75) is 19.5 Å². The Hall–Kier alpha value is -2.58. The van der Waals surface area contributed by atoms with E-state index >= 15 is 0 Å². The number of methoxy groups -OCH3 is 1. The van der Waals surface area contributed by atoms with Crippen molar-refractivity contribution in [3.63, 3.8) is 0 Å². The van der Waals surface area contributed by atoms with Gasteiger partial charge in [-0.3, -0.25) is 9.59 Å². The minimum atomic E-state index is -4.71. The fraction of sp³-hybridized carbons (Fsp3) is 0.357. The molecule has 1 heterocycles. The van der Waals surface area contributed by atoms with Crippen molar-refractivity contribution in [1.29, 1.82) is 0 Å². The standard InChI is InChI=1S/C14H13F3N2O4/c1-6(5-9(20)21)12(22)7-3-4-8(23-2)11-10(7)18-13(19-11)14(15,16)17/h3-4,6H,5H2,1-2H3,(H,18,19)(H,20,21). The first-order valence-corrected chi connectivity index (χ1v) is 6.55. The highest BCUT2D eigenvalue weighted by atomic mass is 19.4. The summed E-state index contributed by atoms with van der Waals surface area (Å²) in [4.78, 5) is 28.6. The van der Waals surface area contributed by atoms with Crippen molar-refractivity contribution in [3.05, 3.63) is 23.5 Å². The first kappa shape index (κ1) is 16.8. The Balaban J connectivity index is 2.59. The van der Waals surface area contributed by atoms with Crippen LogP contribution in [0, 0.1) is 5.92 Å². The summed E-state index contributed by atoms with van der Waals surface area (Å²) in [6.07, 6.45) is -5.14. The van der Waals surface area contributed by atoms with Crippen LogP contribution in [0.15, 0.2) is 12.1 Å². The fourth-order valence-electron chi connectivity index (χ4n) is 2.19. The fourth-order valence-corrected chi connectivity index (χ4v) is 2.19. The zero-order chi connectivity index (χ0) is 17.4. The second-order valence-electron chi connectivity index (χ2n) is 4.99. The van der Waals surface area contributed by atoms with Crippen LogP contribution in [0.3, 0.4) is 0 Å². The van der Waals surface area contributed by atoms with Gasteiger partial charge in [-0.05, 0) is 12.1 Å². The number of carbonyl (C=O) groups excluding carboxylic acids is 1. The van der Waals surface area contributed by atoms with E-state index in [-0.39, 0.29) is 22.3 Å². The van der Waals surface area contributed by atoms with Gasteiger partial charge in [-0.25, -0.2) is 4.98 Å². The van der Waals surface area contributed by atoms with Crippen molar-refractivity contribution in [2.24, 2.45) is 5.92 Å². The van der Waals surface area contributed by atoms with Gasteiger partial charge in [-0.1, -0.05) is 6.92 Å². The molecule has 1 atom stereocenters. The molecular weight excluding hydrogens is 317 g/mol. The number of carboxylic acids is 1. The molecule has 1 aromatic heterocycles. The predicted octanol–water partition coefficient (Wildman–Crippen LogP) is 2.88. The van der Waals surface area contributed by atoms with Gasteiger partial charge in [0.25, 0.3) is 0 Å². The third-order valence-electron chi connectivity index (χ3n) is 3.29. The molecule has 2 aromatic rings. The van der Waals surface area contributed by atoms with Gasteiger partial charge in [0.1, 0.15) is 16.8 Å². The van der Waals surface area contributed by atoms with Crippen molar-refractivity contribution < 1.29 is 32.6 Å². The monoisotopic (exact) mass is 330 g/mol. The molecule has 1 aromatic carbocycles. The molecule has 0 bridgehead atoms. The number of aliphatic carboxylic acids is 1. The first-order valence-electron chi connectivity index (χ1n) is 6.55. The van der Waals surface area contributed by atoms with E-state index in [1.807, 2.05) is 0 Å². The van der Waals surface area contributed by atoms with Gasteiger partial charge in [0.2, 0.25) is 5.82 Å². The molecule has 9 heteroatoms. The Bertz CT molecular complexity index is 767. The van der Waals surface area contributed by atoms with Crippen LogP contribution in [0.1, 0.15) is 29.5 Å². The Morgan fingerprint density at radius 2 is 2.04 bits per heavy atom. The number of nitrogens with zero attached hydrogens (tertiary/aromatic N) is 1. The molecule has 0 amide bonds. The number of benzene rings is 1. The number of carboxylic acid groups (broad SMARTS) is 1. The van der Waals surface area contributed by atoms with E-state index < -0.39 is 36.1 Å². The third kappa shape index (κ3) is 3.27. The number of Topliss-reactive ketones (excluding diaryl/α,β-unsaturated/α-hetero) is 1. The molecule has 0 saturated carbocycles. The molecule has 2 rings (SSSR count). The van der Waals surface area contributed by atoms with Gasteiger partial charge >= 0.3 is 12.1 Å². The van der Waals surface area contributed by atoms with Gasteiger partial charge in [-0.2, -0.15) is 13.2 Å². The Morgan fingerprint density at radius 1 is 1.39 bits per heavy atom. The normalized spacial score (nSPS) is 13.1. The number of aromatic nitrogens is 2. The number of rotatable bonds is 5. The zero-order valence-corrected chi connectivity index (χ0v) is 12.2. The summed E-state index contributed by atoms with van der Waals surface area (Å²) in [5, 5.41) is 8.74. The minimum Gasteiger partial charge on any atom is -0.494 e. The van der Waals surface area contributed by atoms with Crippen LogP contribution >= 0.6 is 0 Å². The van der Waals surface area contributed by atoms with Crippen LogP contribution in [0.25, 0.3) is 11.0 Å². The first-order chi connectivity index (χ1) is 10.6. The molecule has 124 valence electrons. The van der Waals surface area contributed by atoms with E-state index in [1.54, 1.807) is 0 Å². The number of carbonyl (C=O) groups is 2. The number of nitrogens with one attached hydrogen (secondary N) is 1. The Morgan fingerprint density at radius 3 is 2.57 bits per heavy atom. The number of ether oxygens (including phenoxy) is 1. The van der Waals surface area contributed by atoms with E-state index in [4.69, 9.17) is 9.84 Å². The molecule has 23 heavy (non-hydrogen) atoms. The number of hydrogen-bond acceptors (Lipinski definition) is 4. The summed E-state index contributed by atoms with van der Waals surface area (Å²) in [5.41, 5.74) is -0.339. The van der Waals surface area contributed by atoms with E-state index in [1.165, 1.54) is 26.2 Å². The smallest absolute Gasteiger partial charge is 0.449 e.